The molecular formula is C17H18N2O3. The van der Waals surface area contributed by atoms with Crippen molar-refractivity contribution in [2.75, 3.05) is 18.9 Å². The summed E-state index contributed by atoms with van der Waals surface area (Å²) in [7, 11) is 0. The van der Waals surface area contributed by atoms with E-state index in [1.165, 1.54) is 6.07 Å². The monoisotopic (exact) mass is 298 g/mol. The van der Waals surface area contributed by atoms with Gasteiger partial charge in [-0.05, 0) is 30.2 Å². The van der Waals surface area contributed by atoms with Crippen LogP contribution in [-0.4, -0.2) is 25.3 Å². The maximum absolute atomic E-state index is 11.7. The molecule has 0 saturated heterocycles. The van der Waals surface area contributed by atoms with Gasteiger partial charge in [0, 0.05) is 12.1 Å². The third-order valence-corrected chi connectivity index (χ3v) is 3.11. The molecule has 22 heavy (non-hydrogen) atoms. The molecule has 0 heterocycles. The van der Waals surface area contributed by atoms with Gasteiger partial charge in [0.25, 0.3) is 5.91 Å². The lowest BCUT2D eigenvalue weighted by atomic mass is 10.1. The summed E-state index contributed by atoms with van der Waals surface area (Å²) in [6, 6.07) is 14.6. The SMILES string of the molecule is Nc1cc(C=O)ccc1OCC(=O)NCCc1ccccc1. The largest absolute Gasteiger partial charge is 0.482 e. The van der Waals surface area contributed by atoms with Crippen molar-refractivity contribution in [2.24, 2.45) is 0 Å². The molecule has 5 nitrogen and oxygen atoms in total. The van der Waals surface area contributed by atoms with E-state index in [-0.39, 0.29) is 12.5 Å². The predicted molar refractivity (Wildman–Crippen MR) is 84.9 cm³/mol. The number of carbonyl (C=O) groups is 2. The second-order valence-electron chi connectivity index (χ2n) is 4.79. The molecule has 5 heteroatoms. The first-order valence-electron chi connectivity index (χ1n) is 6.97. The van der Waals surface area contributed by atoms with Crippen molar-refractivity contribution in [1.29, 1.82) is 0 Å². The maximum Gasteiger partial charge on any atom is 0.257 e. The lowest BCUT2D eigenvalue weighted by Gasteiger charge is -2.09. The van der Waals surface area contributed by atoms with Gasteiger partial charge in [0.05, 0.1) is 5.69 Å². The number of anilines is 1. The predicted octanol–water partition coefficient (Wildman–Crippen LogP) is 1.82. The Morgan fingerprint density at radius 1 is 1.18 bits per heavy atom. The van der Waals surface area contributed by atoms with Crippen molar-refractivity contribution < 1.29 is 14.3 Å². The van der Waals surface area contributed by atoms with E-state index >= 15 is 0 Å². The molecule has 0 spiro atoms. The van der Waals surface area contributed by atoms with Crippen LogP contribution in [-0.2, 0) is 11.2 Å². The highest BCUT2D eigenvalue weighted by Gasteiger charge is 2.06. The molecule has 3 N–H and O–H groups in total. The first-order valence-corrected chi connectivity index (χ1v) is 6.97. The number of hydrogen-bond donors (Lipinski definition) is 2. The summed E-state index contributed by atoms with van der Waals surface area (Å²) in [5.41, 5.74) is 7.71. The zero-order valence-electron chi connectivity index (χ0n) is 12.1. The molecule has 0 radical (unpaired) electrons. The number of nitrogens with two attached hydrogens (primary N) is 1. The van der Waals surface area contributed by atoms with E-state index in [9.17, 15) is 9.59 Å². The molecular weight excluding hydrogens is 280 g/mol. The van der Waals surface area contributed by atoms with Crippen LogP contribution in [0.25, 0.3) is 0 Å². The minimum Gasteiger partial charge on any atom is -0.482 e. The van der Waals surface area contributed by atoms with Gasteiger partial charge in [0.2, 0.25) is 0 Å². The van der Waals surface area contributed by atoms with E-state index in [4.69, 9.17) is 10.5 Å². The summed E-state index contributed by atoms with van der Waals surface area (Å²) < 4.78 is 5.35. The molecule has 0 saturated carbocycles. The number of benzene rings is 2. The zero-order valence-corrected chi connectivity index (χ0v) is 12.1. The van der Waals surface area contributed by atoms with Gasteiger partial charge < -0.3 is 15.8 Å². The highest BCUT2D eigenvalue weighted by molar-refractivity contribution is 5.79. The minimum absolute atomic E-state index is 0.112. The molecule has 2 aromatic carbocycles. The van der Waals surface area contributed by atoms with E-state index in [1.54, 1.807) is 12.1 Å². The molecule has 0 unspecified atom stereocenters. The summed E-state index contributed by atoms with van der Waals surface area (Å²) in [5.74, 6) is 0.179. The first kappa shape index (κ1) is 15.6. The Kier molecular flexibility index (Phi) is 5.54. The fourth-order valence-corrected chi connectivity index (χ4v) is 1.96. The number of carbonyl (C=O) groups excluding carboxylic acids is 2. The number of hydrogen-bond acceptors (Lipinski definition) is 4. The standard InChI is InChI=1S/C17H18N2O3/c18-15-10-14(11-20)6-7-16(15)22-12-17(21)19-9-8-13-4-2-1-3-5-13/h1-7,10-11H,8-9,12,18H2,(H,19,21). The van der Waals surface area contributed by atoms with Crippen LogP contribution in [0, 0.1) is 0 Å². The first-order chi connectivity index (χ1) is 10.7. The molecule has 0 aliphatic heterocycles. The number of nitrogens with one attached hydrogen (secondary N) is 1. The molecule has 0 bridgehead atoms. The van der Waals surface area contributed by atoms with Crippen molar-refractivity contribution in [1.82, 2.24) is 5.32 Å². The van der Waals surface area contributed by atoms with Gasteiger partial charge in [-0.3, -0.25) is 9.59 Å². The van der Waals surface area contributed by atoms with Gasteiger partial charge in [-0.25, -0.2) is 0 Å². The van der Waals surface area contributed by atoms with Gasteiger partial charge >= 0.3 is 0 Å². The van der Waals surface area contributed by atoms with Crippen LogP contribution in [0.5, 0.6) is 5.75 Å². The van der Waals surface area contributed by atoms with E-state index < -0.39 is 0 Å². The normalized spacial score (nSPS) is 10.0. The smallest absolute Gasteiger partial charge is 0.257 e. The Labute approximate surface area is 129 Å². The lowest BCUT2D eigenvalue weighted by molar-refractivity contribution is -0.123. The van der Waals surface area contributed by atoms with Crippen molar-refractivity contribution in [2.45, 2.75) is 6.42 Å². The second-order valence-corrected chi connectivity index (χ2v) is 4.79. The van der Waals surface area contributed by atoms with Crippen molar-refractivity contribution in [3.63, 3.8) is 0 Å². The van der Waals surface area contributed by atoms with Crippen molar-refractivity contribution >= 4 is 17.9 Å². The van der Waals surface area contributed by atoms with Crippen LogP contribution in [0.15, 0.2) is 48.5 Å². The highest BCUT2D eigenvalue weighted by Crippen LogP contribution is 2.21. The topological polar surface area (TPSA) is 81.4 Å². The Hall–Kier alpha value is -2.82. The van der Waals surface area contributed by atoms with Crippen molar-refractivity contribution in [3.05, 3.63) is 59.7 Å². The molecule has 0 aliphatic rings. The van der Waals surface area contributed by atoms with Gasteiger partial charge in [0.1, 0.15) is 12.0 Å². The lowest BCUT2D eigenvalue weighted by Crippen LogP contribution is -2.30. The maximum atomic E-state index is 11.7. The van der Waals surface area contributed by atoms with Crippen LogP contribution in [0.2, 0.25) is 0 Å². The van der Waals surface area contributed by atoms with E-state index in [0.29, 0.717) is 29.8 Å². The number of rotatable bonds is 7. The van der Waals surface area contributed by atoms with E-state index in [2.05, 4.69) is 5.32 Å². The van der Waals surface area contributed by atoms with Crippen LogP contribution in [0.3, 0.4) is 0 Å². The summed E-state index contributed by atoms with van der Waals surface area (Å²) in [6.45, 7) is 0.436. The van der Waals surface area contributed by atoms with Gasteiger partial charge in [-0.2, -0.15) is 0 Å². The molecule has 0 aromatic heterocycles. The quantitative estimate of drug-likeness (QED) is 0.603. The number of nitrogen functional groups attached to an aromatic ring is 1. The Balaban J connectivity index is 1.74. The molecule has 114 valence electrons. The van der Waals surface area contributed by atoms with Crippen LogP contribution in [0.4, 0.5) is 5.69 Å². The number of amides is 1. The summed E-state index contributed by atoms with van der Waals surface area (Å²) in [5, 5.41) is 2.78. The molecule has 0 fully saturated rings. The molecule has 2 aromatic rings. The summed E-state index contributed by atoms with van der Waals surface area (Å²) in [4.78, 5) is 22.3. The highest BCUT2D eigenvalue weighted by atomic mass is 16.5. The van der Waals surface area contributed by atoms with Gasteiger partial charge in [-0.15, -0.1) is 0 Å². The summed E-state index contributed by atoms with van der Waals surface area (Å²) in [6.07, 6.45) is 1.47. The second kappa shape index (κ2) is 7.83. The van der Waals surface area contributed by atoms with E-state index in [0.717, 1.165) is 12.0 Å². The van der Waals surface area contributed by atoms with Crippen LogP contribution >= 0.6 is 0 Å². The number of ether oxygens (including phenoxy) is 1. The van der Waals surface area contributed by atoms with Crippen LogP contribution < -0.4 is 15.8 Å². The Bertz CT molecular complexity index is 642. The average molecular weight is 298 g/mol. The molecule has 0 atom stereocenters. The molecule has 1 amide bonds. The minimum atomic E-state index is -0.213. The fourth-order valence-electron chi connectivity index (χ4n) is 1.96. The Morgan fingerprint density at radius 2 is 1.95 bits per heavy atom. The molecule has 2 rings (SSSR count). The van der Waals surface area contributed by atoms with Gasteiger partial charge in [0.15, 0.2) is 6.61 Å². The van der Waals surface area contributed by atoms with Crippen molar-refractivity contribution in [3.8, 4) is 5.75 Å². The van der Waals surface area contributed by atoms with E-state index in [1.807, 2.05) is 30.3 Å². The summed E-state index contributed by atoms with van der Waals surface area (Å²) >= 11 is 0. The third-order valence-electron chi connectivity index (χ3n) is 3.11. The zero-order chi connectivity index (χ0) is 15.8. The van der Waals surface area contributed by atoms with Gasteiger partial charge in [-0.1, -0.05) is 30.3 Å². The Morgan fingerprint density at radius 3 is 2.64 bits per heavy atom. The third kappa shape index (κ3) is 4.63. The fraction of sp³-hybridized carbons (Fsp3) is 0.176. The number of aldehydes is 1. The molecule has 0 aliphatic carbocycles. The van der Waals surface area contributed by atoms with Crippen LogP contribution in [0.1, 0.15) is 15.9 Å². The average Bonchev–Trinajstić information content (AvgIpc) is 2.54.